The van der Waals surface area contributed by atoms with Gasteiger partial charge in [0.25, 0.3) is 0 Å². The Morgan fingerprint density at radius 2 is 2.18 bits per heavy atom. The van der Waals surface area contributed by atoms with Gasteiger partial charge in [0.15, 0.2) is 0 Å². The van der Waals surface area contributed by atoms with Gasteiger partial charge >= 0.3 is 5.97 Å². The third-order valence-corrected chi connectivity index (χ3v) is 2.81. The van der Waals surface area contributed by atoms with Gasteiger partial charge in [0, 0.05) is 19.6 Å². The Labute approximate surface area is 101 Å². The molecule has 17 heavy (non-hydrogen) atoms. The summed E-state index contributed by atoms with van der Waals surface area (Å²) in [5.41, 5.74) is 5.35. The Morgan fingerprint density at radius 3 is 2.82 bits per heavy atom. The van der Waals surface area contributed by atoms with Crippen molar-refractivity contribution in [2.45, 2.75) is 25.8 Å². The lowest BCUT2D eigenvalue weighted by Gasteiger charge is -2.27. The zero-order chi connectivity index (χ0) is 12.7. The van der Waals surface area contributed by atoms with E-state index in [1.165, 1.54) is 0 Å². The van der Waals surface area contributed by atoms with E-state index in [0.29, 0.717) is 6.61 Å². The summed E-state index contributed by atoms with van der Waals surface area (Å²) in [4.78, 5) is 24.8. The Balaban J connectivity index is 2.57. The first-order chi connectivity index (χ1) is 8.15. The van der Waals surface area contributed by atoms with Crippen molar-refractivity contribution in [1.82, 2.24) is 10.2 Å². The third-order valence-electron chi connectivity index (χ3n) is 2.81. The van der Waals surface area contributed by atoms with Gasteiger partial charge in [-0.1, -0.05) is 0 Å². The number of esters is 1. The van der Waals surface area contributed by atoms with Crippen LogP contribution in [0, 0.1) is 0 Å². The lowest BCUT2D eigenvalue weighted by molar-refractivity contribution is -0.146. The zero-order valence-corrected chi connectivity index (χ0v) is 10.3. The van der Waals surface area contributed by atoms with E-state index in [-0.39, 0.29) is 12.4 Å². The van der Waals surface area contributed by atoms with Crippen molar-refractivity contribution in [3.05, 3.63) is 0 Å². The molecule has 0 spiro atoms. The molecule has 0 bridgehead atoms. The van der Waals surface area contributed by atoms with Gasteiger partial charge in [0.05, 0.1) is 19.1 Å². The molecule has 1 aliphatic rings. The topological polar surface area (TPSA) is 84.7 Å². The minimum absolute atomic E-state index is 0.0448. The van der Waals surface area contributed by atoms with Gasteiger partial charge in [-0.05, 0) is 19.9 Å². The highest BCUT2D eigenvalue weighted by Gasteiger charge is 2.27. The van der Waals surface area contributed by atoms with Crippen molar-refractivity contribution in [1.29, 1.82) is 0 Å². The normalized spacial score (nSPS) is 19.4. The third kappa shape index (κ3) is 4.70. The summed E-state index contributed by atoms with van der Waals surface area (Å²) in [5, 5.41) is 3.24. The van der Waals surface area contributed by atoms with E-state index >= 15 is 0 Å². The molecule has 1 atom stereocenters. The van der Waals surface area contributed by atoms with Crippen molar-refractivity contribution in [3.63, 3.8) is 0 Å². The van der Waals surface area contributed by atoms with Gasteiger partial charge in [-0.2, -0.15) is 0 Å². The molecule has 1 aliphatic heterocycles. The molecule has 1 saturated heterocycles. The molecule has 0 radical (unpaired) electrons. The van der Waals surface area contributed by atoms with E-state index in [1.54, 1.807) is 6.92 Å². The van der Waals surface area contributed by atoms with Gasteiger partial charge in [-0.15, -0.1) is 0 Å². The first kappa shape index (κ1) is 13.9. The molecular weight excluding hydrogens is 222 g/mol. The van der Waals surface area contributed by atoms with Crippen LogP contribution in [0.4, 0.5) is 0 Å². The Bertz CT molecular complexity index is 263. The predicted octanol–water partition coefficient (Wildman–Crippen LogP) is -0.911. The van der Waals surface area contributed by atoms with Gasteiger partial charge in [-0.3, -0.25) is 14.5 Å². The van der Waals surface area contributed by atoms with Crippen LogP contribution in [0.25, 0.3) is 0 Å². The molecule has 0 aliphatic carbocycles. The van der Waals surface area contributed by atoms with Crippen molar-refractivity contribution in [2.24, 2.45) is 5.73 Å². The number of nitrogens with two attached hydrogens (primary N) is 1. The molecule has 6 nitrogen and oxygen atoms in total. The predicted molar refractivity (Wildman–Crippen MR) is 63.3 cm³/mol. The molecule has 0 aromatic carbocycles. The number of carbonyl (C=O) groups excluding carboxylic acids is 2. The largest absolute Gasteiger partial charge is 0.466 e. The zero-order valence-electron chi connectivity index (χ0n) is 10.3. The summed E-state index contributed by atoms with van der Waals surface area (Å²) in [5.74, 6) is -0.826. The van der Waals surface area contributed by atoms with Gasteiger partial charge in [0.2, 0.25) is 5.91 Å². The number of nitrogens with zero attached hydrogens (tertiary/aromatic N) is 1. The molecule has 3 N–H and O–H groups in total. The number of rotatable bonds is 5. The number of primary amides is 1. The van der Waals surface area contributed by atoms with Crippen LogP contribution in [0.2, 0.25) is 0 Å². The van der Waals surface area contributed by atoms with Crippen LogP contribution in [0.1, 0.15) is 19.8 Å². The number of nitrogens with one attached hydrogen (secondary N) is 1. The Morgan fingerprint density at radius 1 is 1.41 bits per heavy atom. The molecule has 1 heterocycles. The molecular formula is C11H21N3O3. The maximum atomic E-state index is 11.4. The standard InChI is InChI=1S/C11H21N3O3/c1-2-17-10(15)8-9(11(12)16)14-6-3-4-13-5-7-14/h9,13H,2-8H2,1H3,(H2,12,16). The van der Waals surface area contributed by atoms with E-state index in [9.17, 15) is 9.59 Å². The molecule has 0 aromatic heterocycles. The van der Waals surface area contributed by atoms with E-state index < -0.39 is 11.9 Å². The highest BCUT2D eigenvalue weighted by molar-refractivity contribution is 5.85. The highest BCUT2D eigenvalue weighted by atomic mass is 16.5. The van der Waals surface area contributed by atoms with Gasteiger partial charge in [-0.25, -0.2) is 0 Å². The minimum Gasteiger partial charge on any atom is -0.466 e. The van der Waals surface area contributed by atoms with Crippen LogP contribution in [0.3, 0.4) is 0 Å². The number of amides is 1. The summed E-state index contributed by atoms with van der Waals surface area (Å²) < 4.78 is 4.86. The molecule has 0 aromatic rings. The lowest BCUT2D eigenvalue weighted by atomic mass is 10.1. The molecule has 98 valence electrons. The molecule has 1 amide bonds. The first-order valence-electron chi connectivity index (χ1n) is 6.05. The summed E-state index contributed by atoms with van der Waals surface area (Å²) >= 11 is 0. The lowest BCUT2D eigenvalue weighted by Crippen LogP contribution is -2.47. The second-order valence-corrected chi connectivity index (χ2v) is 4.07. The summed E-state index contributed by atoms with van der Waals surface area (Å²) in [6.07, 6.45) is 0.996. The van der Waals surface area contributed by atoms with Crippen molar-refractivity contribution in [2.75, 3.05) is 32.8 Å². The van der Waals surface area contributed by atoms with E-state index in [4.69, 9.17) is 10.5 Å². The van der Waals surface area contributed by atoms with Gasteiger partial charge < -0.3 is 15.8 Å². The van der Waals surface area contributed by atoms with Crippen LogP contribution in [0.5, 0.6) is 0 Å². The fourth-order valence-corrected chi connectivity index (χ4v) is 1.97. The average Bonchev–Trinajstić information content (AvgIpc) is 2.54. The van der Waals surface area contributed by atoms with Gasteiger partial charge in [0.1, 0.15) is 0 Å². The maximum Gasteiger partial charge on any atom is 0.307 e. The number of carbonyl (C=O) groups is 2. The van der Waals surface area contributed by atoms with E-state index in [2.05, 4.69) is 5.32 Å². The fourth-order valence-electron chi connectivity index (χ4n) is 1.97. The van der Waals surface area contributed by atoms with Crippen LogP contribution in [-0.4, -0.2) is 55.6 Å². The molecule has 6 heteroatoms. The Kier molecular flexibility index (Phi) is 5.93. The fraction of sp³-hybridized carbons (Fsp3) is 0.818. The summed E-state index contributed by atoms with van der Waals surface area (Å²) in [6.45, 7) is 5.32. The molecule has 1 unspecified atom stereocenters. The molecule has 1 fully saturated rings. The van der Waals surface area contributed by atoms with E-state index in [1.807, 2.05) is 4.90 Å². The number of ether oxygens (including phenoxy) is 1. The van der Waals surface area contributed by atoms with E-state index in [0.717, 1.165) is 32.6 Å². The molecule has 1 rings (SSSR count). The van der Waals surface area contributed by atoms with Crippen LogP contribution < -0.4 is 11.1 Å². The quantitative estimate of drug-likeness (QED) is 0.611. The van der Waals surface area contributed by atoms with Crippen molar-refractivity contribution in [3.8, 4) is 0 Å². The number of hydrogen-bond acceptors (Lipinski definition) is 5. The van der Waals surface area contributed by atoms with Crippen molar-refractivity contribution < 1.29 is 14.3 Å². The highest BCUT2D eigenvalue weighted by Crippen LogP contribution is 2.08. The second-order valence-electron chi connectivity index (χ2n) is 4.07. The molecule has 0 saturated carbocycles. The second kappa shape index (κ2) is 7.24. The Hall–Kier alpha value is -1.14. The first-order valence-corrected chi connectivity index (χ1v) is 6.05. The SMILES string of the molecule is CCOC(=O)CC(C(N)=O)N1CCCNCC1. The van der Waals surface area contributed by atoms with Crippen molar-refractivity contribution >= 4 is 11.9 Å². The smallest absolute Gasteiger partial charge is 0.307 e. The summed E-state index contributed by atoms with van der Waals surface area (Å²) in [7, 11) is 0. The summed E-state index contributed by atoms with van der Waals surface area (Å²) in [6, 6.07) is -0.547. The van der Waals surface area contributed by atoms with Crippen LogP contribution in [0.15, 0.2) is 0 Å². The van der Waals surface area contributed by atoms with Crippen LogP contribution in [-0.2, 0) is 14.3 Å². The minimum atomic E-state index is -0.547. The number of hydrogen-bond donors (Lipinski definition) is 2. The van der Waals surface area contributed by atoms with Crippen LogP contribution >= 0.6 is 0 Å². The monoisotopic (exact) mass is 243 g/mol. The maximum absolute atomic E-state index is 11.4. The average molecular weight is 243 g/mol.